The fourth-order valence-electron chi connectivity index (χ4n) is 1.69. The molecule has 0 radical (unpaired) electrons. The molecule has 0 saturated carbocycles. The van der Waals surface area contributed by atoms with Crippen LogP contribution in [0.5, 0.6) is 5.75 Å². The van der Waals surface area contributed by atoms with Gasteiger partial charge in [0, 0.05) is 31.4 Å². The second kappa shape index (κ2) is 8.40. The first-order valence-electron chi connectivity index (χ1n) is 7.03. The van der Waals surface area contributed by atoms with Gasteiger partial charge in [-0.1, -0.05) is 11.3 Å². The van der Waals surface area contributed by atoms with Crippen LogP contribution in [0.25, 0.3) is 0 Å². The number of nitrogens with one attached hydrogen (secondary N) is 1. The zero-order valence-corrected chi connectivity index (χ0v) is 13.1. The predicted octanol–water partition coefficient (Wildman–Crippen LogP) is 3.59. The third kappa shape index (κ3) is 6.41. The van der Waals surface area contributed by atoms with Crippen LogP contribution in [0.4, 0.5) is 5.69 Å². The van der Waals surface area contributed by atoms with E-state index in [1.807, 2.05) is 50.2 Å². The van der Waals surface area contributed by atoms with Crippen molar-refractivity contribution in [1.29, 1.82) is 0 Å². The van der Waals surface area contributed by atoms with Gasteiger partial charge in [-0.05, 0) is 39.3 Å². The Balaban J connectivity index is 2.37. The van der Waals surface area contributed by atoms with Gasteiger partial charge in [-0.3, -0.25) is 5.01 Å². The highest BCUT2D eigenvalue weighted by molar-refractivity contribution is 5.48. The average Bonchev–Trinajstić information content (AvgIpc) is 2.43. The summed E-state index contributed by atoms with van der Waals surface area (Å²) in [6.07, 6.45) is 0.991. The van der Waals surface area contributed by atoms with Gasteiger partial charge in [-0.25, -0.2) is 0 Å². The molecule has 1 unspecified atom stereocenters. The zero-order chi connectivity index (χ0) is 15.0. The lowest BCUT2D eigenvalue weighted by atomic mass is 10.2. The van der Waals surface area contributed by atoms with Gasteiger partial charge in [0.05, 0.1) is 13.2 Å². The van der Waals surface area contributed by atoms with Crippen LogP contribution in [0.2, 0.25) is 0 Å². The van der Waals surface area contributed by atoms with Crippen molar-refractivity contribution in [1.82, 2.24) is 5.01 Å². The van der Waals surface area contributed by atoms with E-state index in [2.05, 4.69) is 22.6 Å². The quantitative estimate of drug-likeness (QED) is 0.584. The molecule has 5 heteroatoms. The van der Waals surface area contributed by atoms with Crippen LogP contribution in [0.15, 0.2) is 34.6 Å². The molecule has 1 aromatic rings. The van der Waals surface area contributed by atoms with Gasteiger partial charge < -0.3 is 10.1 Å². The van der Waals surface area contributed by atoms with Gasteiger partial charge in [0.25, 0.3) is 0 Å². The van der Waals surface area contributed by atoms with Crippen LogP contribution in [0.1, 0.15) is 27.2 Å². The van der Waals surface area contributed by atoms with Crippen molar-refractivity contribution < 1.29 is 4.74 Å². The van der Waals surface area contributed by atoms with E-state index in [1.165, 1.54) is 0 Å². The normalized spacial score (nSPS) is 12.7. The summed E-state index contributed by atoms with van der Waals surface area (Å²) in [5, 5.41) is 13.6. The summed E-state index contributed by atoms with van der Waals surface area (Å²) >= 11 is 0. The summed E-state index contributed by atoms with van der Waals surface area (Å²) in [5.41, 5.74) is 1.07. The molecule has 20 heavy (non-hydrogen) atoms. The molecule has 0 fully saturated rings. The van der Waals surface area contributed by atoms with E-state index in [-0.39, 0.29) is 6.04 Å². The minimum Gasteiger partial charge on any atom is -0.497 e. The number of benzene rings is 1. The Morgan fingerprint density at radius 2 is 2.05 bits per heavy atom. The van der Waals surface area contributed by atoms with Gasteiger partial charge in [-0.2, -0.15) is 5.11 Å². The van der Waals surface area contributed by atoms with E-state index >= 15 is 0 Å². The first-order valence-corrected chi connectivity index (χ1v) is 7.03. The minimum atomic E-state index is 0.241. The molecule has 0 aromatic heterocycles. The second-order valence-corrected chi connectivity index (χ2v) is 5.25. The Morgan fingerprint density at radius 3 is 2.70 bits per heavy atom. The molecular formula is C15H26N4O. The van der Waals surface area contributed by atoms with E-state index in [0.717, 1.165) is 24.4 Å². The van der Waals surface area contributed by atoms with Crippen molar-refractivity contribution in [2.24, 2.45) is 10.3 Å². The van der Waals surface area contributed by atoms with Gasteiger partial charge in [0.1, 0.15) is 5.75 Å². The highest BCUT2D eigenvalue weighted by atomic mass is 16.5. The molecule has 5 nitrogen and oxygen atoms in total. The van der Waals surface area contributed by atoms with Gasteiger partial charge in [0.2, 0.25) is 0 Å². The molecule has 1 rings (SSSR count). The fourth-order valence-corrected chi connectivity index (χ4v) is 1.69. The molecule has 0 spiro atoms. The van der Waals surface area contributed by atoms with E-state index < -0.39 is 0 Å². The molecule has 1 atom stereocenters. The summed E-state index contributed by atoms with van der Waals surface area (Å²) in [6, 6.07) is 8.57. The summed E-state index contributed by atoms with van der Waals surface area (Å²) in [5.74, 6) is 0.866. The van der Waals surface area contributed by atoms with Crippen molar-refractivity contribution in [2.45, 2.75) is 39.3 Å². The molecule has 0 saturated heterocycles. The van der Waals surface area contributed by atoms with Crippen molar-refractivity contribution in [2.75, 3.05) is 26.0 Å². The molecule has 0 bridgehead atoms. The number of nitrogens with zero attached hydrogens (tertiary/aromatic N) is 3. The summed E-state index contributed by atoms with van der Waals surface area (Å²) in [6.45, 7) is 7.07. The Hall–Kier alpha value is -1.78. The first-order chi connectivity index (χ1) is 9.51. The van der Waals surface area contributed by atoms with Gasteiger partial charge in [-0.15, -0.1) is 0 Å². The second-order valence-electron chi connectivity index (χ2n) is 5.25. The first kappa shape index (κ1) is 16.3. The lowest BCUT2D eigenvalue weighted by Gasteiger charge is -2.18. The summed E-state index contributed by atoms with van der Waals surface area (Å²) in [7, 11) is 3.63. The lowest BCUT2D eigenvalue weighted by Crippen LogP contribution is -2.22. The number of hydrogen-bond acceptors (Lipinski definition) is 4. The van der Waals surface area contributed by atoms with Crippen LogP contribution in [0, 0.1) is 0 Å². The third-order valence-corrected chi connectivity index (χ3v) is 2.80. The van der Waals surface area contributed by atoms with Crippen molar-refractivity contribution in [3.8, 4) is 5.75 Å². The molecular weight excluding hydrogens is 252 g/mol. The summed E-state index contributed by atoms with van der Waals surface area (Å²) in [4.78, 5) is 0. The van der Waals surface area contributed by atoms with Crippen LogP contribution >= 0.6 is 0 Å². The molecule has 0 aliphatic rings. The van der Waals surface area contributed by atoms with Gasteiger partial charge >= 0.3 is 0 Å². The zero-order valence-electron chi connectivity index (χ0n) is 13.1. The van der Waals surface area contributed by atoms with E-state index in [4.69, 9.17) is 4.74 Å². The highest BCUT2D eigenvalue weighted by Crippen LogP contribution is 2.18. The number of methoxy groups -OCH3 is 1. The molecule has 1 N–H and O–H groups in total. The average molecular weight is 278 g/mol. The lowest BCUT2D eigenvalue weighted by molar-refractivity contribution is 0.311. The summed E-state index contributed by atoms with van der Waals surface area (Å²) < 4.78 is 5.21. The molecule has 0 aliphatic heterocycles. The Kier molecular flexibility index (Phi) is 6.84. The third-order valence-electron chi connectivity index (χ3n) is 2.80. The molecule has 0 heterocycles. The standard InChI is InChI=1S/C15H26N4O/c1-12(2)17-18-19(4)10-9-13(3)16-14-7-6-8-15(11-14)20-5/h6-8,11-13,16H,9-10H2,1-5H3. The van der Waals surface area contributed by atoms with E-state index in [0.29, 0.717) is 6.04 Å². The highest BCUT2D eigenvalue weighted by Gasteiger charge is 2.04. The number of ether oxygens (including phenoxy) is 1. The molecule has 0 amide bonds. The number of hydrogen-bond donors (Lipinski definition) is 1. The van der Waals surface area contributed by atoms with Crippen LogP contribution in [-0.4, -0.2) is 37.8 Å². The monoisotopic (exact) mass is 278 g/mol. The molecule has 0 aliphatic carbocycles. The van der Waals surface area contributed by atoms with Crippen molar-refractivity contribution in [3.63, 3.8) is 0 Å². The predicted molar refractivity (Wildman–Crippen MR) is 83.3 cm³/mol. The smallest absolute Gasteiger partial charge is 0.120 e. The van der Waals surface area contributed by atoms with E-state index in [1.54, 1.807) is 7.11 Å². The van der Waals surface area contributed by atoms with Gasteiger partial charge in [0.15, 0.2) is 0 Å². The Labute approximate surface area is 122 Å². The van der Waals surface area contributed by atoms with Crippen LogP contribution in [-0.2, 0) is 0 Å². The minimum absolute atomic E-state index is 0.241. The maximum atomic E-state index is 5.21. The maximum Gasteiger partial charge on any atom is 0.120 e. The molecule has 112 valence electrons. The number of rotatable bonds is 8. The topological polar surface area (TPSA) is 49.2 Å². The van der Waals surface area contributed by atoms with Crippen molar-refractivity contribution in [3.05, 3.63) is 24.3 Å². The fraction of sp³-hybridized carbons (Fsp3) is 0.600. The Bertz CT molecular complexity index is 420. The number of anilines is 1. The maximum absolute atomic E-state index is 5.21. The largest absolute Gasteiger partial charge is 0.497 e. The van der Waals surface area contributed by atoms with Crippen LogP contribution in [0.3, 0.4) is 0 Å². The van der Waals surface area contributed by atoms with E-state index in [9.17, 15) is 0 Å². The Morgan fingerprint density at radius 1 is 1.30 bits per heavy atom. The van der Waals surface area contributed by atoms with Crippen molar-refractivity contribution >= 4 is 5.69 Å². The van der Waals surface area contributed by atoms with Crippen LogP contribution < -0.4 is 10.1 Å². The molecule has 1 aromatic carbocycles. The SMILES string of the molecule is COc1cccc(NC(C)CCN(C)N=NC(C)C)c1.